The molecule has 33 heavy (non-hydrogen) atoms. The number of hydrogen-bond donors (Lipinski definition) is 2. The Morgan fingerprint density at radius 2 is 1.91 bits per heavy atom. The van der Waals surface area contributed by atoms with Gasteiger partial charge in [-0.1, -0.05) is 41.9 Å². The Labute approximate surface area is 200 Å². The normalized spacial score (nSPS) is 10.8. The summed E-state index contributed by atoms with van der Waals surface area (Å²) < 4.78 is 5.55. The van der Waals surface area contributed by atoms with Crippen molar-refractivity contribution in [2.45, 2.75) is 6.92 Å². The van der Waals surface area contributed by atoms with Crippen molar-refractivity contribution < 1.29 is 9.53 Å². The Morgan fingerprint density at radius 1 is 1.12 bits per heavy atom. The van der Waals surface area contributed by atoms with Gasteiger partial charge in [0.2, 0.25) is 0 Å². The number of para-hydroxylation sites is 1. The van der Waals surface area contributed by atoms with Gasteiger partial charge < -0.3 is 10.1 Å². The van der Waals surface area contributed by atoms with E-state index in [0.717, 1.165) is 22.1 Å². The van der Waals surface area contributed by atoms with Gasteiger partial charge in [0, 0.05) is 32.8 Å². The van der Waals surface area contributed by atoms with Gasteiger partial charge in [0.25, 0.3) is 5.91 Å². The fraction of sp³-hybridized carbons (Fsp3) is 0.0800. The molecule has 0 radical (unpaired) electrons. The Balaban J connectivity index is 1.39. The van der Waals surface area contributed by atoms with Crippen LogP contribution in [-0.4, -0.2) is 23.7 Å². The number of rotatable bonds is 8. The van der Waals surface area contributed by atoms with Gasteiger partial charge in [-0.3, -0.25) is 4.79 Å². The van der Waals surface area contributed by atoms with E-state index in [0.29, 0.717) is 28.5 Å². The second kappa shape index (κ2) is 10.8. The van der Waals surface area contributed by atoms with Crippen LogP contribution in [0.5, 0.6) is 5.75 Å². The number of carbonyl (C=O) groups is 1. The molecule has 1 heterocycles. The van der Waals surface area contributed by atoms with Crippen molar-refractivity contribution in [2.24, 2.45) is 5.10 Å². The molecule has 0 fully saturated rings. The van der Waals surface area contributed by atoms with E-state index in [1.807, 2.05) is 54.8 Å². The lowest BCUT2D eigenvalue weighted by Gasteiger charge is -2.07. The van der Waals surface area contributed by atoms with Gasteiger partial charge in [0.1, 0.15) is 5.75 Å². The Kier molecular flexibility index (Phi) is 7.34. The monoisotopic (exact) mass is 476 g/mol. The molecule has 4 rings (SSSR count). The van der Waals surface area contributed by atoms with Gasteiger partial charge in [0.15, 0.2) is 5.13 Å². The van der Waals surface area contributed by atoms with Gasteiger partial charge in [-0.2, -0.15) is 5.10 Å². The standard InChI is InChI=1S/C25H21ClN4O2S/c1-2-32-23-13-12-20(26)14-19(23)15-27-30-24(31)18-10-8-17(9-11-18)22-16-33-25(29-22)28-21-6-4-3-5-7-21/h3-16H,2H2,1H3,(H,28,29)(H,30,31)/b27-15-. The number of ether oxygens (including phenoxy) is 1. The van der Waals surface area contributed by atoms with Crippen molar-refractivity contribution >= 4 is 45.9 Å². The molecule has 0 aliphatic rings. The van der Waals surface area contributed by atoms with Crippen LogP contribution in [0.25, 0.3) is 11.3 Å². The van der Waals surface area contributed by atoms with Crippen LogP contribution >= 0.6 is 22.9 Å². The number of hydrazone groups is 1. The topological polar surface area (TPSA) is 75.6 Å². The number of carbonyl (C=O) groups excluding carboxylic acids is 1. The zero-order valence-electron chi connectivity index (χ0n) is 17.8. The van der Waals surface area contributed by atoms with Crippen LogP contribution in [0.3, 0.4) is 0 Å². The van der Waals surface area contributed by atoms with Crippen molar-refractivity contribution in [2.75, 3.05) is 11.9 Å². The van der Waals surface area contributed by atoms with E-state index in [-0.39, 0.29) is 5.91 Å². The van der Waals surface area contributed by atoms with Crippen LogP contribution in [0.2, 0.25) is 5.02 Å². The zero-order valence-corrected chi connectivity index (χ0v) is 19.4. The SMILES string of the molecule is CCOc1ccc(Cl)cc1/C=N\NC(=O)c1ccc(-c2csc(Nc3ccccc3)n2)cc1. The van der Waals surface area contributed by atoms with Crippen LogP contribution in [0.1, 0.15) is 22.8 Å². The third-order valence-electron chi connectivity index (χ3n) is 4.61. The lowest BCUT2D eigenvalue weighted by atomic mass is 10.1. The van der Waals surface area contributed by atoms with E-state index < -0.39 is 0 Å². The van der Waals surface area contributed by atoms with E-state index in [2.05, 4.69) is 20.8 Å². The fourth-order valence-electron chi connectivity index (χ4n) is 3.03. The summed E-state index contributed by atoms with van der Waals surface area (Å²) in [4.78, 5) is 17.1. The van der Waals surface area contributed by atoms with Gasteiger partial charge in [0.05, 0.1) is 18.5 Å². The molecule has 3 aromatic carbocycles. The predicted octanol–water partition coefficient (Wildman–Crippen LogP) is 6.37. The highest BCUT2D eigenvalue weighted by Crippen LogP contribution is 2.27. The number of halogens is 1. The molecule has 0 atom stereocenters. The van der Waals surface area contributed by atoms with Crippen LogP contribution in [0, 0.1) is 0 Å². The van der Waals surface area contributed by atoms with Crippen molar-refractivity contribution in [3.05, 3.63) is 94.3 Å². The van der Waals surface area contributed by atoms with E-state index in [1.165, 1.54) is 17.6 Å². The van der Waals surface area contributed by atoms with Gasteiger partial charge in [-0.15, -0.1) is 11.3 Å². The van der Waals surface area contributed by atoms with Gasteiger partial charge in [-0.25, -0.2) is 10.4 Å². The first-order valence-corrected chi connectivity index (χ1v) is 11.5. The summed E-state index contributed by atoms with van der Waals surface area (Å²) in [6.45, 7) is 2.41. The molecular formula is C25H21ClN4O2S. The summed E-state index contributed by atoms with van der Waals surface area (Å²) in [6, 6.07) is 22.3. The molecule has 0 aliphatic carbocycles. The average Bonchev–Trinajstić information content (AvgIpc) is 3.30. The molecule has 0 saturated carbocycles. The summed E-state index contributed by atoms with van der Waals surface area (Å²) >= 11 is 7.57. The van der Waals surface area contributed by atoms with Gasteiger partial charge >= 0.3 is 0 Å². The molecular weight excluding hydrogens is 456 g/mol. The molecule has 6 nitrogen and oxygen atoms in total. The summed E-state index contributed by atoms with van der Waals surface area (Å²) in [7, 11) is 0. The van der Waals surface area contributed by atoms with Crippen LogP contribution in [-0.2, 0) is 0 Å². The molecule has 4 aromatic rings. The Morgan fingerprint density at radius 3 is 2.67 bits per heavy atom. The summed E-state index contributed by atoms with van der Waals surface area (Å²) in [5.74, 6) is 0.330. The molecule has 166 valence electrons. The molecule has 1 aromatic heterocycles. The lowest BCUT2D eigenvalue weighted by Crippen LogP contribution is -2.17. The Hall–Kier alpha value is -3.68. The molecule has 2 N–H and O–H groups in total. The quantitative estimate of drug-likeness (QED) is 0.229. The average molecular weight is 477 g/mol. The molecule has 0 unspecified atom stereocenters. The number of nitrogens with one attached hydrogen (secondary N) is 2. The number of thiazole rings is 1. The minimum Gasteiger partial charge on any atom is -0.493 e. The maximum absolute atomic E-state index is 12.5. The van der Waals surface area contributed by atoms with Crippen molar-refractivity contribution in [3.63, 3.8) is 0 Å². The summed E-state index contributed by atoms with van der Waals surface area (Å²) in [6.07, 6.45) is 1.51. The smallest absolute Gasteiger partial charge is 0.271 e. The number of aromatic nitrogens is 1. The van der Waals surface area contributed by atoms with Crippen molar-refractivity contribution in [1.29, 1.82) is 0 Å². The minimum absolute atomic E-state index is 0.317. The number of benzene rings is 3. The number of hydrogen-bond acceptors (Lipinski definition) is 6. The summed E-state index contributed by atoms with van der Waals surface area (Å²) in [5.41, 5.74) is 6.46. The molecule has 0 aliphatic heterocycles. The highest BCUT2D eigenvalue weighted by molar-refractivity contribution is 7.14. The number of nitrogens with zero attached hydrogens (tertiary/aromatic N) is 2. The first-order valence-electron chi connectivity index (χ1n) is 10.3. The second-order valence-corrected chi connectivity index (χ2v) is 8.22. The third-order valence-corrected chi connectivity index (χ3v) is 5.61. The largest absolute Gasteiger partial charge is 0.493 e. The van der Waals surface area contributed by atoms with Crippen LogP contribution in [0.4, 0.5) is 10.8 Å². The number of anilines is 2. The lowest BCUT2D eigenvalue weighted by molar-refractivity contribution is 0.0955. The highest BCUT2D eigenvalue weighted by Gasteiger charge is 2.08. The highest BCUT2D eigenvalue weighted by atomic mass is 35.5. The predicted molar refractivity (Wildman–Crippen MR) is 135 cm³/mol. The van der Waals surface area contributed by atoms with E-state index in [1.54, 1.807) is 30.3 Å². The number of amides is 1. The van der Waals surface area contributed by atoms with E-state index in [4.69, 9.17) is 16.3 Å². The second-order valence-electron chi connectivity index (χ2n) is 6.92. The van der Waals surface area contributed by atoms with Crippen LogP contribution in [0.15, 0.2) is 83.3 Å². The first kappa shape index (κ1) is 22.5. The maximum Gasteiger partial charge on any atom is 0.271 e. The van der Waals surface area contributed by atoms with E-state index >= 15 is 0 Å². The maximum atomic E-state index is 12.5. The van der Waals surface area contributed by atoms with Crippen molar-refractivity contribution in [1.82, 2.24) is 10.4 Å². The third kappa shape index (κ3) is 5.97. The molecule has 1 amide bonds. The zero-order chi connectivity index (χ0) is 23.0. The molecule has 0 saturated heterocycles. The van der Waals surface area contributed by atoms with E-state index in [9.17, 15) is 4.79 Å². The molecule has 0 spiro atoms. The minimum atomic E-state index is -0.317. The van der Waals surface area contributed by atoms with Crippen LogP contribution < -0.4 is 15.5 Å². The molecule has 8 heteroatoms. The fourth-order valence-corrected chi connectivity index (χ4v) is 3.95. The summed E-state index contributed by atoms with van der Waals surface area (Å²) in [5, 5.41) is 10.7. The van der Waals surface area contributed by atoms with Gasteiger partial charge in [-0.05, 0) is 49.4 Å². The Bertz CT molecular complexity index is 1260. The first-order chi connectivity index (χ1) is 16.1. The van der Waals surface area contributed by atoms with Crippen molar-refractivity contribution in [3.8, 4) is 17.0 Å². The molecule has 0 bridgehead atoms.